The van der Waals surface area contributed by atoms with E-state index in [9.17, 15) is 14.4 Å². The van der Waals surface area contributed by atoms with Crippen LogP contribution >= 0.6 is 0 Å². The van der Waals surface area contributed by atoms with Crippen LogP contribution in [0.1, 0.15) is 26.3 Å². The summed E-state index contributed by atoms with van der Waals surface area (Å²) in [5.74, 6) is -1.14. The third kappa shape index (κ3) is 2.14. The standard InChI is InChI=1S/C14H13NO4/c1-8(19-10(3)17)13-11-6-4-5-7-12(11)15(9(2)16)14(13)18/h4-7H,1-3H3/b13-8+. The summed E-state index contributed by atoms with van der Waals surface area (Å²) in [4.78, 5) is 35.9. The number of allylic oxidation sites excluding steroid dienone is 1. The number of hydrogen-bond donors (Lipinski definition) is 0. The minimum absolute atomic E-state index is 0.203. The van der Waals surface area contributed by atoms with Crippen LogP contribution in [0.2, 0.25) is 0 Å². The lowest BCUT2D eigenvalue weighted by molar-refractivity contribution is -0.136. The summed E-state index contributed by atoms with van der Waals surface area (Å²) in [5.41, 5.74) is 1.36. The van der Waals surface area contributed by atoms with Crippen molar-refractivity contribution < 1.29 is 19.1 Å². The van der Waals surface area contributed by atoms with Gasteiger partial charge in [0.1, 0.15) is 5.76 Å². The molecule has 5 heteroatoms. The molecule has 0 spiro atoms. The summed E-state index contributed by atoms with van der Waals surface area (Å²) in [6.07, 6.45) is 0. The lowest BCUT2D eigenvalue weighted by Gasteiger charge is -2.11. The van der Waals surface area contributed by atoms with Crippen molar-refractivity contribution in [1.29, 1.82) is 0 Å². The number of fused-ring (bicyclic) bond motifs is 1. The van der Waals surface area contributed by atoms with E-state index in [-0.39, 0.29) is 17.2 Å². The highest BCUT2D eigenvalue weighted by molar-refractivity contribution is 6.39. The van der Waals surface area contributed by atoms with Crippen molar-refractivity contribution >= 4 is 29.0 Å². The molecule has 2 rings (SSSR count). The van der Waals surface area contributed by atoms with Gasteiger partial charge in [-0.3, -0.25) is 14.4 Å². The number of anilines is 1. The Hall–Kier alpha value is -2.43. The van der Waals surface area contributed by atoms with Crippen molar-refractivity contribution in [3.63, 3.8) is 0 Å². The van der Waals surface area contributed by atoms with E-state index in [0.29, 0.717) is 11.3 Å². The summed E-state index contributed by atoms with van der Waals surface area (Å²) in [5, 5.41) is 0. The van der Waals surface area contributed by atoms with E-state index in [4.69, 9.17) is 4.74 Å². The van der Waals surface area contributed by atoms with Crippen LogP contribution in [-0.4, -0.2) is 17.8 Å². The Balaban J connectivity index is 2.62. The summed E-state index contributed by atoms with van der Waals surface area (Å²) in [6.45, 7) is 4.12. The van der Waals surface area contributed by atoms with Gasteiger partial charge < -0.3 is 4.74 Å². The number of hydrogen-bond acceptors (Lipinski definition) is 4. The molecule has 1 aliphatic rings. The number of amides is 2. The van der Waals surface area contributed by atoms with Gasteiger partial charge in [0.2, 0.25) is 5.91 Å². The fourth-order valence-corrected chi connectivity index (χ4v) is 2.14. The van der Waals surface area contributed by atoms with Crippen LogP contribution in [0.25, 0.3) is 5.57 Å². The van der Waals surface area contributed by atoms with Crippen LogP contribution < -0.4 is 4.90 Å². The molecule has 5 nitrogen and oxygen atoms in total. The van der Waals surface area contributed by atoms with Gasteiger partial charge in [-0.25, -0.2) is 4.90 Å². The van der Waals surface area contributed by atoms with Crippen LogP contribution in [0, 0.1) is 0 Å². The van der Waals surface area contributed by atoms with E-state index >= 15 is 0 Å². The first-order valence-corrected chi connectivity index (χ1v) is 5.77. The van der Waals surface area contributed by atoms with Gasteiger partial charge in [-0.05, 0) is 13.0 Å². The highest BCUT2D eigenvalue weighted by Gasteiger charge is 2.36. The van der Waals surface area contributed by atoms with Gasteiger partial charge >= 0.3 is 5.97 Å². The van der Waals surface area contributed by atoms with Gasteiger partial charge in [0.25, 0.3) is 5.91 Å². The Kier molecular flexibility index (Phi) is 3.21. The lowest BCUT2D eigenvalue weighted by atomic mass is 10.1. The largest absolute Gasteiger partial charge is 0.431 e. The van der Waals surface area contributed by atoms with Crippen LogP contribution in [-0.2, 0) is 19.1 Å². The molecule has 0 fully saturated rings. The Bertz CT molecular complexity index is 616. The predicted octanol–water partition coefficient (Wildman–Crippen LogP) is 1.87. The Morgan fingerprint density at radius 2 is 1.74 bits per heavy atom. The fraction of sp³-hybridized carbons (Fsp3) is 0.214. The second-order valence-electron chi connectivity index (χ2n) is 4.20. The Morgan fingerprint density at radius 3 is 2.32 bits per heavy atom. The molecule has 0 saturated carbocycles. The summed E-state index contributed by atoms with van der Waals surface area (Å²) < 4.78 is 4.97. The van der Waals surface area contributed by atoms with Crippen LogP contribution in [0.3, 0.4) is 0 Å². The second-order valence-corrected chi connectivity index (χ2v) is 4.20. The van der Waals surface area contributed by atoms with Crippen molar-refractivity contribution in [2.24, 2.45) is 0 Å². The van der Waals surface area contributed by atoms with Gasteiger partial charge in [-0.15, -0.1) is 0 Å². The Labute approximate surface area is 110 Å². The Morgan fingerprint density at radius 1 is 1.11 bits per heavy atom. The number of carbonyl (C=O) groups is 3. The van der Waals surface area contributed by atoms with Crippen molar-refractivity contribution in [2.75, 3.05) is 4.90 Å². The van der Waals surface area contributed by atoms with Crippen LogP contribution in [0.15, 0.2) is 30.0 Å². The summed E-state index contributed by atoms with van der Waals surface area (Å²) >= 11 is 0. The van der Waals surface area contributed by atoms with E-state index in [0.717, 1.165) is 4.90 Å². The zero-order valence-corrected chi connectivity index (χ0v) is 10.9. The van der Waals surface area contributed by atoms with Gasteiger partial charge in [-0.2, -0.15) is 0 Å². The molecule has 19 heavy (non-hydrogen) atoms. The van der Waals surface area contributed by atoms with Crippen molar-refractivity contribution in [1.82, 2.24) is 0 Å². The third-order valence-electron chi connectivity index (χ3n) is 2.80. The van der Waals surface area contributed by atoms with Crippen molar-refractivity contribution in [3.8, 4) is 0 Å². The second kappa shape index (κ2) is 4.68. The first-order chi connectivity index (χ1) is 8.93. The predicted molar refractivity (Wildman–Crippen MR) is 69.0 cm³/mol. The van der Waals surface area contributed by atoms with Crippen LogP contribution in [0.4, 0.5) is 5.69 Å². The fourth-order valence-electron chi connectivity index (χ4n) is 2.14. The normalized spacial score (nSPS) is 16.2. The van der Waals surface area contributed by atoms with E-state index in [1.807, 2.05) is 0 Å². The molecule has 0 bridgehead atoms. The van der Waals surface area contributed by atoms with Gasteiger partial charge in [0, 0.05) is 19.4 Å². The molecule has 0 radical (unpaired) electrons. The molecule has 0 N–H and O–H groups in total. The summed E-state index contributed by atoms with van der Waals surface area (Å²) in [6, 6.07) is 6.91. The van der Waals surface area contributed by atoms with E-state index in [1.54, 1.807) is 24.3 Å². The first-order valence-electron chi connectivity index (χ1n) is 5.77. The minimum atomic E-state index is -0.503. The van der Waals surface area contributed by atoms with E-state index < -0.39 is 11.9 Å². The highest BCUT2D eigenvalue weighted by atomic mass is 16.5. The molecule has 1 heterocycles. The molecule has 1 aromatic carbocycles. The molecule has 1 aliphatic heterocycles. The number of rotatable bonds is 1. The topological polar surface area (TPSA) is 63.7 Å². The number of imide groups is 1. The third-order valence-corrected chi connectivity index (χ3v) is 2.80. The molecule has 0 aromatic heterocycles. The van der Waals surface area contributed by atoms with Gasteiger partial charge in [0.15, 0.2) is 0 Å². The number of carbonyl (C=O) groups excluding carboxylic acids is 3. The van der Waals surface area contributed by atoms with E-state index in [1.165, 1.54) is 20.8 Å². The molecule has 1 aromatic rings. The average Bonchev–Trinajstić information content (AvgIpc) is 2.59. The molecule has 0 atom stereocenters. The maximum atomic E-state index is 12.3. The van der Waals surface area contributed by atoms with E-state index in [2.05, 4.69) is 0 Å². The number of ether oxygens (including phenoxy) is 1. The summed E-state index contributed by atoms with van der Waals surface area (Å²) in [7, 11) is 0. The molecule has 98 valence electrons. The zero-order chi connectivity index (χ0) is 14.2. The van der Waals surface area contributed by atoms with Gasteiger partial charge in [-0.1, -0.05) is 18.2 Å². The smallest absolute Gasteiger partial charge is 0.307 e. The maximum absolute atomic E-state index is 12.3. The van der Waals surface area contributed by atoms with Crippen molar-refractivity contribution in [3.05, 3.63) is 35.6 Å². The average molecular weight is 259 g/mol. The number of benzene rings is 1. The van der Waals surface area contributed by atoms with Gasteiger partial charge in [0.05, 0.1) is 11.3 Å². The van der Waals surface area contributed by atoms with Crippen LogP contribution in [0.5, 0.6) is 0 Å². The molecule has 0 aliphatic carbocycles. The maximum Gasteiger partial charge on any atom is 0.307 e. The van der Waals surface area contributed by atoms with Crippen molar-refractivity contribution in [2.45, 2.75) is 20.8 Å². The monoisotopic (exact) mass is 259 g/mol. The number of esters is 1. The zero-order valence-electron chi connectivity index (χ0n) is 10.9. The minimum Gasteiger partial charge on any atom is -0.431 e. The number of para-hydroxylation sites is 1. The number of nitrogens with zero attached hydrogens (tertiary/aromatic N) is 1. The molecular formula is C14H13NO4. The highest BCUT2D eigenvalue weighted by Crippen LogP contribution is 2.38. The quantitative estimate of drug-likeness (QED) is 0.439. The first kappa shape index (κ1) is 13.0. The molecule has 2 amide bonds. The molecule has 0 saturated heterocycles. The molecular weight excluding hydrogens is 246 g/mol. The lowest BCUT2D eigenvalue weighted by Crippen LogP contribution is -2.31. The SMILES string of the molecule is CC(=O)O/C(C)=C1/C(=O)N(C(C)=O)c2ccccc21. The molecule has 0 unspecified atom stereocenters.